The van der Waals surface area contributed by atoms with Crippen molar-refractivity contribution in [3.05, 3.63) is 4.88 Å². The fraction of sp³-hybridized carbons (Fsp3) is 0.615. The fourth-order valence-corrected chi connectivity index (χ4v) is 4.16. The minimum atomic E-state index is -3.55. The molecule has 0 saturated carbocycles. The second-order valence-electron chi connectivity index (χ2n) is 5.17. The molecule has 0 amide bonds. The van der Waals surface area contributed by atoms with Crippen molar-refractivity contribution < 1.29 is 17.9 Å². The lowest BCUT2D eigenvalue weighted by Gasteiger charge is -2.18. The summed E-state index contributed by atoms with van der Waals surface area (Å²) in [5.74, 6) is -0.304. The Kier molecular flexibility index (Phi) is 5.63. The molecule has 1 rings (SSSR count). The predicted octanol–water partition coefficient (Wildman–Crippen LogP) is 2.37. The molecule has 1 unspecified atom stereocenters. The van der Waals surface area contributed by atoms with Crippen molar-refractivity contribution in [2.24, 2.45) is 5.92 Å². The number of sulfone groups is 1. The van der Waals surface area contributed by atoms with Gasteiger partial charge >= 0.3 is 5.97 Å². The van der Waals surface area contributed by atoms with Gasteiger partial charge in [0, 0.05) is 12.3 Å². The van der Waals surface area contributed by atoms with Crippen molar-refractivity contribution >= 4 is 37.8 Å². The third kappa shape index (κ3) is 4.10. The number of nitrogen functional groups attached to an aromatic ring is 1. The summed E-state index contributed by atoms with van der Waals surface area (Å²) in [5.41, 5.74) is 5.82. The molecule has 120 valence electrons. The van der Waals surface area contributed by atoms with Crippen LogP contribution in [0.5, 0.6) is 0 Å². The zero-order chi connectivity index (χ0) is 16.4. The Labute approximate surface area is 129 Å². The van der Waals surface area contributed by atoms with E-state index >= 15 is 0 Å². The highest BCUT2D eigenvalue weighted by Crippen LogP contribution is 2.40. The van der Waals surface area contributed by atoms with Gasteiger partial charge in [-0.2, -0.15) is 0 Å². The van der Waals surface area contributed by atoms with Crippen molar-refractivity contribution in [1.29, 1.82) is 0 Å². The Morgan fingerprint density at radius 3 is 2.38 bits per heavy atom. The van der Waals surface area contributed by atoms with Crippen LogP contribution in [-0.4, -0.2) is 33.3 Å². The predicted molar refractivity (Wildman–Crippen MR) is 85.7 cm³/mol. The van der Waals surface area contributed by atoms with Gasteiger partial charge in [-0.25, -0.2) is 13.2 Å². The summed E-state index contributed by atoms with van der Waals surface area (Å²) in [6, 6.07) is 0.0404. The molecule has 1 aromatic rings. The quantitative estimate of drug-likeness (QED) is 0.775. The maximum absolute atomic E-state index is 12.0. The standard InChI is InChI=1S/C13H22N2O4S2/c1-6-19-13(16)10-9(14)11(21(5,17)18)12(20-10)15-8(4)7(2)3/h7-8,15H,6,14H2,1-5H3. The summed E-state index contributed by atoms with van der Waals surface area (Å²) in [5, 5.41) is 3.51. The summed E-state index contributed by atoms with van der Waals surface area (Å²) in [4.78, 5) is 12.0. The highest BCUT2D eigenvalue weighted by molar-refractivity contribution is 7.91. The minimum absolute atomic E-state index is 0.0250. The molecule has 0 aliphatic carbocycles. The number of carbonyl (C=O) groups excluding carboxylic acids is 1. The van der Waals surface area contributed by atoms with Gasteiger partial charge in [-0.3, -0.25) is 0 Å². The number of anilines is 2. The van der Waals surface area contributed by atoms with E-state index in [-0.39, 0.29) is 28.1 Å². The first-order chi connectivity index (χ1) is 9.59. The monoisotopic (exact) mass is 334 g/mol. The van der Waals surface area contributed by atoms with Gasteiger partial charge in [0.25, 0.3) is 0 Å². The average Bonchev–Trinajstić information content (AvgIpc) is 2.65. The smallest absolute Gasteiger partial charge is 0.350 e. The first-order valence-electron chi connectivity index (χ1n) is 6.65. The first-order valence-corrected chi connectivity index (χ1v) is 9.36. The molecule has 0 saturated heterocycles. The first kappa shape index (κ1) is 17.8. The van der Waals surface area contributed by atoms with Crippen LogP contribution in [0.25, 0.3) is 0 Å². The minimum Gasteiger partial charge on any atom is -0.462 e. The zero-order valence-corrected chi connectivity index (χ0v) is 14.5. The van der Waals surface area contributed by atoms with Crippen molar-refractivity contribution in [2.75, 3.05) is 23.9 Å². The van der Waals surface area contributed by atoms with E-state index in [1.54, 1.807) is 6.92 Å². The van der Waals surface area contributed by atoms with E-state index in [9.17, 15) is 13.2 Å². The summed E-state index contributed by atoms with van der Waals surface area (Å²) in [7, 11) is -3.55. The van der Waals surface area contributed by atoms with E-state index in [1.165, 1.54) is 0 Å². The third-order valence-electron chi connectivity index (χ3n) is 3.09. The van der Waals surface area contributed by atoms with Gasteiger partial charge in [-0.1, -0.05) is 13.8 Å². The number of hydrogen-bond acceptors (Lipinski definition) is 7. The zero-order valence-electron chi connectivity index (χ0n) is 12.9. The Balaban J connectivity index is 3.35. The highest BCUT2D eigenvalue weighted by atomic mass is 32.2. The molecule has 0 aliphatic rings. The van der Waals surface area contributed by atoms with E-state index in [4.69, 9.17) is 10.5 Å². The molecule has 3 N–H and O–H groups in total. The molecule has 0 radical (unpaired) electrons. The second-order valence-corrected chi connectivity index (χ2v) is 8.15. The lowest BCUT2D eigenvalue weighted by atomic mass is 10.1. The summed E-state index contributed by atoms with van der Waals surface area (Å²) in [6.07, 6.45) is 1.07. The maximum Gasteiger partial charge on any atom is 0.350 e. The van der Waals surface area contributed by atoms with Gasteiger partial charge in [0.15, 0.2) is 9.84 Å². The molecule has 21 heavy (non-hydrogen) atoms. The van der Waals surface area contributed by atoms with Crippen molar-refractivity contribution in [3.8, 4) is 0 Å². The molecule has 8 heteroatoms. The van der Waals surface area contributed by atoms with Crippen LogP contribution in [0.3, 0.4) is 0 Å². The molecule has 0 aromatic carbocycles. The highest BCUT2D eigenvalue weighted by Gasteiger charge is 2.28. The number of nitrogens with two attached hydrogens (primary N) is 1. The Morgan fingerprint density at radius 1 is 1.38 bits per heavy atom. The topological polar surface area (TPSA) is 98.5 Å². The number of esters is 1. The lowest BCUT2D eigenvalue weighted by Crippen LogP contribution is -2.21. The molecule has 1 heterocycles. The van der Waals surface area contributed by atoms with E-state index in [1.807, 2.05) is 20.8 Å². The van der Waals surface area contributed by atoms with E-state index in [0.29, 0.717) is 10.9 Å². The van der Waals surface area contributed by atoms with Crippen molar-refractivity contribution in [1.82, 2.24) is 0 Å². The van der Waals surface area contributed by atoms with Gasteiger partial charge in [0.1, 0.15) is 14.8 Å². The molecule has 0 fully saturated rings. The number of nitrogens with one attached hydrogen (secondary N) is 1. The normalized spacial score (nSPS) is 13.2. The number of rotatable bonds is 6. The number of carbonyl (C=O) groups is 1. The Hall–Kier alpha value is -1.28. The number of ether oxygens (including phenoxy) is 1. The molecule has 0 aliphatic heterocycles. The van der Waals surface area contributed by atoms with Crippen LogP contribution >= 0.6 is 11.3 Å². The van der Waals surface area contributed by atoms with Crippen LogP contribution in [0, 0.1) is 5.92 Å². The molecular formula is C13H22N2O4S2. The third-order valence-corrected chi connectivity index (χ3v) is 5.50. The molecule has 0 bridgehead atoms. The van der Waals surface area contributed by atoms with Crippen LogP contribution in [0.15, 0.2) is 4.90 Å². The lowest BCUT2D eigenvalue weighted by molar-refractivity contribution is 0.0533. The van der Waals surface area contributed by atoms with Crippen LogP contribution in [0.4, 0.5) is 10.7 Å². The Bertz CT molecular complexity index is 620. The van der Waals surface area contributed by atoms with E-state index in [2.05, 4.69) is 5.32 Å². The summed E-state index contributed by atoms with van der Waals surface area (Å²) < 4.78 is 28.8. The number of thiophene rings is 1. The van der Waals surface area contributed by atoms with Gasteiger partial charge in [0.2, 0.25) is 0 Å². The SMILES string of the molecule is CCOC(=O)c1sc(NC(C)C(C)C)c(S(C)(=O)=O)c1N. The molecule has 1 atom stereocenters. The summed E-state index contributed by atoms with van der Waals surface area (Å²) >= 11 is 1.02. The van der Waals surface area contributed by atoms with Gasteiger partial charge in [-0.15, -0.1) is 11.3 Å². The molecule has 6 nitrogen and oxygen atoms in total. The van der Waals surface area contributed by atoms with Crippen LogP contribution in [0.2, 0.25) is 0 Å². The second kappa shape index (κ2) is 6.65. The largest absolute Gasteiger partial charge is 0.462 e. The van der Waals surface area contributed by atoms with Crippen LogP contribution in [-0.2, 0) is 14.6 Å². The Morgan fingerprint density at radius 2 is 1.95 bits per heavy atom. The number of hydrogen-bond donors (Lipinski definition) is 2. The fourth-order valence-electron chi connectivity index (χ4n) is 1.61. The van der Waals surface area contributed by atoms with Crippen LogP contribution < -0.4 is 11.1 Å². The molecular weight excluding hydrogens is 312 g/mol. The molecule has 1 aromatic heterocycles. The van der Waals surface area contributed by atoms with E-state index in [0.717, 1.165) is 17.6 Å². The van der Waals surface area contributed by atoms with E-state index < -0.39 is 15.8 Å². The summed E-state index contributed by atoms with van der Waals surface area (Å²) in [6.45, 7) is 7.85. The van der Waals surface area contributed by atoms with Gasteiger partial charge < -0.3 is 15.8 Å². The average molecular weight is 334 g/mol. The van der Waals surface area contributed by atoms with Crippen molar-refractivity contribution in [3.63, 3.8) is 0 Å². The van der Waals surface area contributed by atoms with Gasteiger partial charge in [-0.05, 0) is 19.8 Å². The maximum atomic E-state index is 12.0. The molecule has 0 spiro atoms. The van der Waals surface area contributed by atoms with Crippen molar-refractivity contribution in [2.45, 2.75) is 38.6 Å². The van der Waals surface area contributed by atoms with Gasteiger partial charge in [0.05, 0.1) is 12.3 Å². The van der Waals surface area contributed by atoms with Crippen LogP contribution in [0.1, 0.15) is 37.4 Å².